The van der Waals surface area contributed by atoms with Gasteiger partial charge in [-0.05, 0) is 74.2 Å². The SMILES string of the molecule is COc1ccc(S(=O)(=O)N2CCC3(CCCN(CC4CCOCC4)C3)C2)cc1.O=C(O)C(F)(F)F. The van der Waals surface area contributed by atoms with Crippen LogP contribution in [0, 0.1) is 11.3 Å². The molecule has 1 aromatic carbocycles. The highest BCUT2D eigenvalue weighted by atomic mass is 32.2. The second kappa shape index (κ2) is 11.4. The summed E-state index contributed by atoms with van der Waals surface area (Å²) in [5, 5.41) is 7.12. The van der Waals surface area contributed by atoms with Crippen molar-refractivity contribution in [1.29, 1.82) is 0 Å². The number of ether oxygens (including phenoxy) is 2. The van der Waals surface area contributed by atoms with E-state index in [2.05, 4.69) is 4.90 Å². The van der Waals surface area contributed by atoms with Gasteiger partial charge in [0.05, 0.1) is 12.0 Å². The van der Waals surface area contributed by atoms with Crippen molar-refractivity contribution in [3.63, 3.8) is 0 Å². The van der Waals surface area contributed by atoms with Gasteiger partial charge in [0, 0.05) is 39.4 Å². The lowest BCUT2D eigenvalue weighted by Crippen LogP contribution is -2.47. The van der Waals surface area contributed by atoms with Crippen LogP contribution in [-0.4, -0.2) is 87.9 Å². The Labute approximate surface area is 204 Å². The Bertz CT molecular complexity index is 951. The zero-order chi connectivity index (χ0) is 25.7. The van der Waals surface area contributed by atoms with E-state index in [-0.39, 0.29) is 5.41 Å². The Morgan fingerprint density at radius 2 is 1.77 bits per heavy atom. The number of hydrogen-bond donors (Lipinski definition) is 1. The van der Waals surface area contributed by atoms with Crippen LogP contribution in [0.4, 0.5) is 13.2 Å². The molecule has 3 aliphatic rings. The van der Waals surface area contributed by atoms with E-state index in [9.17, 15) is 21.6 Å². The first-order valence-corrected chi connectivity index (χ1v) is 13.1. The number of nitrogens with zero attached hydrogens (tertiary/aromatic N) is 2. The molecule has 3 fully saturated rings. The monoisotopic (exact) mass is 522 g/mol. The Kier molecular flexibility index (Phi) is 9.06. The number of likely N-dealkylation sites (tertiary alicyclic amines) is 1. The molecule has 0 saturated carbocycles. The zero-order valence-corrected chi connectivity index (χ0v) is 20.6. The Morgan fingerprint density at radius 3 is 2.34 bits per heavy atom. The van der Waals surface area contributed by atoms with Crippen molar-refractivity contribution in [1.82, 2.24) is 9.21 Å². The summed E-state index contributed by atoms with van der Waals surface area (Å²) in [6.45, 7) is 6.35. The minimum atomic E-state index is -5.08. The fourth-order valence-electron chi connectivity index (χ4n) is 5.09. The highest BCUT2D eigenvalue weighted by molar-refractivity contribution is 7.89. The van der Waals surface area contributed by atoms with Gasteiger partial charge in [-0.15, -0.1) is 0 Å². The number of halogens is 3. The van der Waals surface area contributed by atoms with Crippen LogP contribution in [0.1, 0.15) is 32.1 Å². The maximum Gasteiger partial charge on any atom is 0.490 e. The predicted molar refractivity (Wildman–Crippen MR) is 122 cm³/mol. The third-order valence-electron chi connectivity index (χ3n) is 6.94. The molecule has 12 heteroatoms. The van der Waals surface area contributed by atoms with E-state index in [1.165, 1.54) is 6.42 Å². The number of methoxy groups -OCH3 is 1. The number of rotatable bonds is 5. The fraction of sp³-hybridized carbons (Fsp3) is 0.696. The van der Waals surface area contributed by atoms with Crippen LogP contribution in [0.25, 0.3) is 0 Å². The van der Waals surface area contributed by atoms with Gasteiger partial charge in [-0.2, -0.15) is 17.5 Å². The highest BCUT2D eigenvalue weighted by Crippen LogP contribution is 2.41. The molecule has 0 aliphatic carbocycles. The molecule has 198 valence electrons. The van der Waals surface area contributed by atoms with Crippen molar-refractivity contribution < 1.29 is 41.0 Å². The number of benzene rings is 1. The quantitative estimate of drug-likeness (QED) is 0.634. The first kappa shape index (κ1) is 27.7. The van der Waals surface area contributed by atoms with Gasteiger partial charge in [0.1, 0.15) is 5.75 Å². The standard InChI is InChI=1S/C21H32N2O4S.C2HF3O2/c1-26-19-3-5-20(6-4-19)28(24,25)23-12-10-21(17-23)9-2-11-22(16-21)15-18-7-13-27-14-8-18;3-2(4,5)1(6)7/h3-6,18H,2,7-17H2,1H3;(H,6,7). The number of piperidine rings is 1. The van der Waals surface area contributed by atoms with E-state index < -0.39 is 22.2 Å². The summed E-state index contributed by atoms with van der Waals surface area (Å²) in [5.41, 5.74) is 0.114. The minimum absolute atomic E-state index is 0.114. The molecule has 0 amide bonds. The Hall–Kier alpha value is -1.89. The number of carboxylic acid groups (broad SMARTS) is 1. The van der Waals surface area contributed by atoms with E-state index in [1.807, 2.05) is 0 Å². The smallest absolute Gasteiger partial charge is 0.490 e. The molecule has 0 radical (unpaired) electrons. The molecule has 1 unspecified atom stereocenters. The maximum atomic E-state index is 13.1. The zero-order valence-electron chi connectivity index (χ0n) is 19.8. The van der Waals surface area contributed by atoms with Crippen molar-refractivity contribution in [3.8, 4) is 5.75 Å². The number of alkyl halides is 3. The Morgan fingerprint density at radius 1 is 1.14 bits per heavy atom. The maximum absolute atomic E-state index is 13.1. The molecule has 1 spiro atoms. The van der Waals surface area contributed by atoms with Crippen molar-refractivity contribution in [2.45, 2.75) is 43.2 Å². The van der Waals surface area contributed by atoms with Gasteiger partial charge in [-0.25, -0.2) is 13.2 Å². The van der Waals surface area contributed by atoms with Crippen molar-refractivity contribution >= 4 is 16.0 Å². The lowest BCUT2D eigenvalue weighted by molar-refractivity contribution is -0.192. The van der Waals surface area contributed by atoms with Crippen LogP contribution in [0.3, 0.4) is 0 Å². The summed E-state index contributed by atoms with van der Waals surface area (Å²) >= 11 is 0. The van der Waals surface area contributed by atoms with Gasteiger partial charge < -0.3 is 19.5 Å². The van der Waals surface area contributed by atoms with Crippen molar-refractivity contribution in [3.05, 3.63) is 24.3 Å². The third kappa shape index (κ3) is 7.31. The van der Waals surface area contributed by atoms with E-state index in [0.29, 0.717) is 23.7 Å². The molecule has 3 saturated heterocycles. The van der Waals surface area contributed by atoms with Gasteiger partial charge in [0.2, 0.25) is 10.0 Å². The van der Waals surface area contributed by atoms with Crippen LogP contribution >= 0.6 is 0 Å². The largest absolute Gasteiger partial charge is 0.497 e. The molecule has 3 aliphatic heterocycles. The molecule has 8 nitrogen and oxygen atoms in total. The first-order chi connectivity index (χ1) is 16.4. The topological polar surface area (TPSA) is 96.4 Å². The number of aliphatic carboxylic acids is 1. The number of carboxylic acids is 1. The number of sulfonamides is 1. The summed E-state index contributed by atoms with van der Waals surface area (Å²) in [7, 11) is -1.85. The second-order valence-corrected chi connectivity index (χ2v) is 11.4. The third-order valence-corrected chi connectivity index (χ3v) is 8.80. The van der Waals surface area contributed by atoms with Crippen molar-refractivity contribution in [2.75, 3.05) is 53.0 Å². The second-order valence-electron chi connectivity index (χ2n) is 9.46. The predicted octanol–water partition coefficient (Wildman–Crippen LogP) is 3.23. The van der Waals surface area contributed by atoms with E-state index in [4.69, 9.17) is 19.4 Å². The van der Waals surface area contributed by atoms with Gasteiger partial charge in [-0.3, -0.25) is 0 Å². The molecular formula is C23H33F3N2O6S. The highest BCUT2D eigenvalue weighted by Gasteiger charge is 2.45. The summed E-state index contributed by atoms with van der Waals surface area (Å²) in [6, 6.07) is 6.73. The van der Waals surface area contributed by atoms with Gasteiger partial charge in [0.25, 0.3) is 0 Å². The summed E-state index contributed by atoms with van der Waals surface area (Å²) in [6.07, 6.45) is 0.487. The van der Waals surface area contributed by atoms with Gasteiger partial charge in [0.15, 0.2) is 0 Å². The summed E-state index contributed by atoms with van der Waals surface area (Å²) in [5.74, 6) is -1.36. The molecular weight excluding hydrogens is 489 g/mol. The molecule has 1 atom stereocenters. The molecule has 0 bridgehead atoms. The lowest BCUT2D eigenvalue weighted by Gasteiger charge is -2.42. The van der Waals surface area contributed by atoms with Crippen LogP contribution in [0.2, 0.25) is 0 Å². The first-order valence-electron chi connectivity index (χ1n) is 11.7. The average Bonchev–Trinajstić information content (AvgIpc) is 3.23. The summed E-state index contributed by atoms with van der Waals surface area (Å²) in [4.78, 5) is 11.8. The van der Waals surface area contributed by atoms with Crippen LogP contribution in [-0.2, 0) is 19.6 Å². The average molecular weight is 523 g/mol. The summed E-state index contributed by atoms with van der Waals surface area (Å²) < 4.78 is 70.3. The van der Waals surface area contributed by atoms with Gasteiger partial charge in [-0.1, -0.05) is 0 Å². The fourth-order valence-corrected chi connectivity index (χ4v) is 6.64. The van der Waals surface area contributed by atoms with Crippen LogP contribution in [0.15, 0.2) is 29.2 Å². The van der Waals surface area contributed by atoms with Crippen molar-refractivity contribution in [2.24, 2.45) is 11.3 Å². The number of carbonyl (C=O) groups is 1. The molecule has 4 rings (SSSR count). The van der Waals surface area contributed by atoms with Crippen LogP contribution < -0.4 is 4.74 Å². The van der Waals surface area contributed by atoms with E-state index in [1.54, 1.807) is 35.7 Å². The molecule has 1 aromatic rings. The molecule has 35 heavy (non-hydrogen) atoms. The normalized spacial score (nSPS) is 24.7. The lowest BCUT2D eigenvalue weighted by atomic mass is 9.79. The van der Waals surface area contributed by atoms with E-state index >= 15 is 0 Å². The minimum Gasteiger partial charge on any atom is -0.497 e. The van der Waals surface area contributed by atoms with Crippen LogP contribution in [0.5, 0.6) is 5.75 Å². The molecule has 0 aromatic heterocycles. The Balaban J connectivity index is 0.000000429. The van der Waals surface area contributed by atoms with E-state index in [0.717, 1.165) is 64.4 Å². The molecule has 3 heterocycles. The number of hydrogen-bond acceptors (Lipinski definition) is 6. The molecule has 1 N–H and O–H groups in total. The van der Waals surface area contributed by atoms with Gasteiger partial charge >= 0.3 is 12.1 Å².